The number of esters is 7. The van der Waals surface area contributed by atoms with Gasteiger partial charge in [-0.05, 0) is 117 Å². The lowest BCUT2D eigenvalue weighted by Crippen LogP contribution is -2.60. The van der Waals surface area contributed by atoms with Gasteiger partial charge in [-0.2, -0.15) is 0 Å². The maximum Gasteiger partial charge on any atom is 0.407 e. The molecule has 0 radical (unpaired) electrons. The lowest BCUT2D eigenvalue weighted by atomic mass is 9.60. The van der Waals surface area contributed by atoms with E-state index in [1.807, 2.05) is 48.5 Å². The number of hydrogen-bond donors (Lipinski definition) is 2. The summed E-state index contributed by atoms with van der Waals surface area (Å²) in [6.45, 7) is 39.9. The third-order valence-corrected chi connectivity index (χ3v) is 17.8. The van der Waals surface area contributed by atoms with Gasteiger partial charge in [-0.3, -0.25) is 4.79 Å². The van der Waals surface area contributed by atoms with Crippen molar-refractivity contribution in [3.8, 4) is 0 Å². The fourth-order valence-corrected chi connectivity index (χ4v) is 15.1. The number of alkyl carbamates (subject to hydrolysis) is 2. The van der Waals surface area contributed by atoms with Crippen LogP contribution in [0.4, 0.5) is 9.59 Å². The van der Waals surface area contributed by atoms with Crippen molar-refractivity contribution >= 4 is 54.0 Å². The van der Waals surface area contributed by atoms with Crippen LogP contribution in [0.1, 0.15) is 147 Å². The molecule has 3 fully saturated rings. The number of hydrogen-bond acceptors (Lipinski definition) is 24. The van der Waals surface area contributed by atoms with Crippen molar-refractivity contribution in [3.05, 3.63) is 137 Å². The molecule has 0 bridgehead atoms. The minimum Gasteiger partial charge on any atom is -0.462 e. The summed E-state index contributed by atoms with van der Waals surface area (Å²) in [5.41, 5.74) is -7.97. The van der Waals surface area contributed by atoms with Crippen molar-refractivity contribution in [2.75, 3.05) is 59.5 Å². The van der Waals surface area contributed by atoms with E-state index in [0.29, 0.717) is 71.5 Å². The highest BCUT2D eigenvalue weighted by Gasteiger charge is 2.47. The minimum atomic E-state index is -0.992. The maximum atomic E-state index is 15.1. The Morgan fingerprint density at radius 1 is 0.371 bits per heavy atom. The molecule has 3 aliphatic carbocycles. The topological polar surface area (TPSA) is 393 Å². The van der Waals surface area contributed by atoms with Crippen LogP contribution in [0.5, 0.6) is 0 Å². The van der Waals surface area contributed by atoms with Crippen molar-refractivity contribution in [1.29, 1.82) is 0 Å². The number of amides is 2. The summed E-state index contributed by atoms with van der Waals surface area (Å²) in [7, 11) is 0. The molecule has 2 amide bonds. The molecule has 0 aliphatic heterocycles. The molecule has 2 N–H and O–H groups in total. The molecule has 32 nitrogen and oxygen atoms in total. The summed E-state index contributed by atoms with van der Waals surface area (Å²) >= 11 is 0. The first-order chi connectivity index (χ1) is 48.8. The van der Waals surface area contributed by atoms with Crippen molar-refractivity contribution in [3.63, 3.8) is 0 Å². The second kappa shape index (κ2) is 38.2. The Balaban J connectivity index is 0.000000648. The molecule has 582 valence electrons. The summed E-state index contributed by atoms with van der Waals surface area (Å²) in [6.07, 6.45) is 6.00. The van der Waals surface area contributed by atoms with Crippen molar-refractivity contribution in [2.45, 2.75) is 199 Å². The molecule has 0 aromatic carbocycles. The van der Waals surface area contributed by atoms with Gasteiger partial charge < -0.3 is 53.3 Å². The number of aromatic nitrogens is 6. The van der Waals surface area contributed by atoms with Crippen LogP contribution in [0.2, 0.25) is 0 Å². The average molecular weight is 1480 g/mol. The molecule has 105 heavy (non-hydrogen) atoms. The molecular weight excluding hydrogens is 1370 g/mol. The zero-order valence-corrected chi connectivity index (χ0v) is 62.9. The van der Waals surface area contributed by atoms with Crippen LogP contribution in [-0.2, 0) is 115 Å². The van der Waals surface area contributed by atoms with Gasteiger partial charge in [0, 0.05) is 73.1 Å². The Labute approximate surface area is 609 Å². The van der Waals surface area contributed by atoms with Crippen LogP contribution in [0, 0.1) is 38.4 Å². The summed E-state index contributed by atoms with van der Waals surface area (Å²) in [5.74, 6) is -4.73. The number of carbonyl (C=O) groups is 9. The average Bonchev–Trinajstić information content (AvgIpc) is 0.750. The fraction of sp³-hybridized carbons (Fsp3) is 0.630. The number of ether oxygens (including phenoxy) is 9. The molecule has 2 heterocycles. The van der Waals surface area contributed by atoms with Crippen molar-refractivity contribution in [1.82, 2.24) is 38.0 Å². The SMILES string of the molecule is C=C(C)C(=O)OCCOC(=O)CC1CC(C)(C)CC(C)(Cn2c(=O)n(CC3(C)CC(NC(=O)OCCOC(=O)C(=C)C)CC(C)(C)C3)c(=O)n(CC3(C)CC(NC(=O)OCCOC(=O)C(=C)C)CC(C)(C)C3)c2=O)C1.C=CC(=O)OCCn1c(=O)n(CCOC(=O)C=C)c(=O)n(CCOC(=O)C=C)c1=O. The quantitative estimate of drug-likeness (QED) is 0.0389. The lowest BCUT2D eigenvalue weighted by Gasteiger charge is -2.48. The highest BCUT2D eigenvalue weighted by molar-refractivity contribution is 5.88. The van der Waals surface area contributed by atoms with E-state index in [0.717, 1.165) is 27.4 Å². The van der Waals surface area contributed by atoms with E-state index in [1.165, 1.54) is 25.3 Å². The zero-order chi connectivity index (χ0) is 79.2. The summed E-state index contributed by atoms with van der Waals surface area (Å²) < 4.78 is 51.1. The number of carbonyl (C=O) groups excluding carboxylic acids is 9. The van der Waals surface area contributed by atoms with Gasteiger partial charge in [0.05, 0.1) is 19.6 Å². The number of nitrogens with zero attached hydrogens (tertiary/aromatic N) is 6. The Bertz CT molecular complexity index is 3550. The molecule has 3 saturated carbocycles. The second-order valence-electron chi connectivity index (χ2n) is 30.7. The third kappa shape index (κ3) is 27.6. The van der Waals surface area contributed by atoms with Gasteiger partial charge in [-0.15, -0.1) is 0 Å². The molecule has 3 aliphatic rings. The molecule has 6 unspecified atom stereocenters. The Hall–Kier alpha value is -9.91. The Morgan fingerprint density at radius 3 is 0.933 bits per heavy atom. The molecule has 0 saturated heterocycles. The minimum absolute atomic E-state index is 0.0589. The van der Waals surface area contributed by atoms with Crippen LogP contribution >= 0.6 is 0 Å². The van der Waals surface area contributed by atoms with Crippen molar-refractivity contribution in [2.24, 2.45) is 38.4 Å². The Morgan fingerprint density at radius 2 is 0.638 bits per heavy atom. The van der Waals surface area contributed by atoms with Crippen LogP contribution in [0.3, 0.4) is 0 Å². The molecule has 2 aromatic heterocycles. The molecule has 32 heteroatoms. The second-order valence-corrected chi connectivity index (χ2v) is 30.7. The van der Waals surface area contributed by atoms with E-state index >= 15 is 14.4 Å². The van der Waals surface area contributed by atoms with Crippen LogP contribution < -0.4 is 44.8 Å². The summed E-state index contributed by atoms with van der Waals surface area (Å²) in [4.78, 5) is 191. The van der Waals surface area contributed by atoms with Crippen LogP contribution in [-0.4, -0.2) is 153 Å². The highest BCUT2D eigenvalue weighted by atomic mass is 16.6. The third-order valence-electron chi connectivity index (χ3n) is 17.8. The number of rotatable bonds is 34. The molecule has 6 atom stereocenters. The van der Waals surface area contributed by atoms with E-state index < -0.39 is 116 Å². The Kier molecular flexibility index (Phi) is 31.8. The van der Waals surface area contributed by atoms with Gasteiger partial charge in [0.2, 0.25) is 0 Å². The van der Waals surface area contributed by atoms with Gasteiger partial charge in [-0.1, -0.05) is 102 Å². The normalized spacial score (nSPS) is 21.1. The first-order valence-electron chi connectivity index (χ1n) is 34.6. The van der Waals surface area contributed by atoms with E-state index in [9.17, 15) is 57.5 Å². The van der Waals surface area contributed by atoms with Gasteiger partial charge in [0.1, 0.15) is 59.5 Å². The molecule has 5 rings (SSSR count). The molecular formula is C73H106N8O24. The highest BCUT2D eigenvalue weighted by Crippen LogP contribution is 2.51. The summed E-state index contributed by atoms with van der Waals surface area (Å²) in [6, 6.07) is -0.866. The smallest absolute Gasteiger partial charge is 0.407 e. The molecule has 2 aromatic rings. The predicted octanol–water partition coefficient (Wildman–Crippen LogP) is 5.28. The van der Waals surface area contributed by atoms with Crippen molar-refractivity contribution < 1.29 is 85.8 Å². The van der Waals surface area contributed by atoms with E-state index in [2.05, 4.69) is 64.0 Å². The summed E-state index contributed by atoms with van der Waals surface area (Å²) in [5, 5.41) is 5.88. The van der Waals surface area contributed by atoms with E-state index in [4.69, 9.17) is 42.6 Å². The monoisotopic (exact) mass is 1480 g/mol. The van der Waals surface area contributed by atoms with E-state index in [-0.39, 0.29) is 144 Å². The van der Waals surface area contributed by atoms with Crippen LogP contribution in [0.15, 0.2) is 103 Å². The van der Waals surface area contributed by atoms with Gasteiger partial charge in [0.15, 0.2) is 0 Å². The fourth-order valence-electron chi connectivity index (χ4n) is 15.1. The number of nitrogens with one attached hydrogen (secondary N) is 2. The maximum absolute atomic E-state index is 15.1. The first-order valence-corrected chi connectivity index (χ1v) is 34.6. The molecule has 0 spiro atoms. The lowest BCUT2D eigenvalue weighted by molar-refractivity contribution is -0.151. The predicted molar refractivity (Wildman–Crippen MR) is 382 cm³/mol. The van der Waals surface area contributed by atoms with Gasteiger partial charge in [-0.25, -0.2) is 94.5 Å². The first kappa shape index (κ1) is 87.5. The zero-order valence-electron chi connectivity index (χ0n) is 62.9. The standard InChI is InChI=1S/C55H85N5O15.C18H21N3O9/c1-35(2)42(62)71-17-16-70-41(61)22-38-23-50(7,8)29-53(13,24-38)32-58-47(67)59(33-54(14)27-39(25-51(9,10)30-54)56-45(65)74-20-18-72-43(63)36(3)4)49(69)60(48(58)68)34-55(15)28-40(26-52(11,12)31-55)57-46(66)75-21-19-73-44(64)37(5)6;1-4-13(22)28-10-7-19-16(25)20(8-11-29-14(23)5-2)18(27)21(17(19)26)9-12-30-15(24)6-3/h38-40H,1,3,5,16-34H2,2,4,6-15H3,(H,56,65)(H,57,66);4-6H,1-3,7-12H2. The van der Waals surface area contributed by atoms with Crippen LogP contribution in [0.25, 0.3) is 0 Å². The largest absolute Gasteiger partial charge is 0.462 e. The van der Waals surface area contributed by atoms with Gasteiger partial charge in [0.25, 0.3) is 0 Å². The van der Waals surface area contributed by atoms with Gasteiger partial charge >= 0.3 is 88.1 Å². The van der Waals surface area contributed by atoms with E-state index in [1.54, 1.807) is 0 Å².